The zero-order valence-corrected chi connectivity index (χ0v) is 14.9. The van der Waals surface area contributed by atoms with Gasteiger partial charge >= 0.3 is 0 Å². The van der Waals surface area contributed by atoms with Crippen molar-refractivity contribution in [2.45, 2.75) is 33.7 Å². The third-order valence-electron chi connectivity index (χ3n) is 3.14. The standard InChI is InChI=1S/C13H14Br2N2OS/c1-4-9-7(2)16-17(8(9)3)6-11(18)10-5-12(14)19-13(10)15/h5H,4,6H2,1-3H3. The maximum Gasteiger partial charge on any atom is 0.186 e. The normalized spacial score (nSPS) is 11.0. The summed E-state index contributed by atoms with van der Waals surface area (Å²) >= 11 is 8.32. The Morgan fingerprint density at radius 1 is 1.42 bits per heavy atom. The molecule has 0 atom stereocenters. The van der Waals surface area contributed by atoms with Gasteiger partial charge in [0.1, 0.15) is 6.54 Å². The summed E-state index contributed by atoms with van der Waals surface area (Å²) in [6.07, 6.45) is 0.944. The lowest BCUT2D eigenvalue weighted by atomic mass is 10.1. The molecular formula is C13H14Br2N2OS. The molecule has 3 nitrogen and oxygen atoms in total. The lowest BCUT2D eigenvalue weighted by Crippen LogP contribution is -2.13. The van der Waals surface area contributed by atoms with E-state index in [2.05, 4.69) is 43.9 Å². The van der Waals surface area contributed by atoms with Crippen LogP contribution in [0.15, 0.2) is 13.6 Å². The highest BCUT2D eigenvalue weighted by Gasteiger charge is 2.17. The van der Waals surface area contributed by atoms with E-state index in [9.17, 15) is 4.79 Å². The number of aromatic nitrogens is 2. The van der Waals surface area contributed by atoms with Crippen LogP contribution in [0.25, 0.3) is 0 Å². The van der Waals surface area contributed by atoms with Crippen molar-refractivity contribution in [1.29, 1.82) is 0 Å². The fourth-order valence-electron chi connectivity index (χ4n) is 2.15. The van der Waals surface area contributed by atoms with Gasteiger partial charge in [0.2, 0.25) is 0 Å². The summed E-state index contributed by atoms with van der Waals surface area (Å²) in [5.41, 5.74) is 4.04. The Bertz CT molecular complexity index is 631. The van der Waals surface area contributed by atoms with E-state index in [1.54, 1.807) is 4.68 Å². The molecule has 0 bridgehead atoms. The molecule has 0 aliphatic carbocycles. The van der Waals surface area contributed by atoms with Crippen LogP contribution in [-0.2, 0) is 13.0 Å². The number of ketones is 1. The molecule has 2 aromatic heterocycles. The van der Waals surface area contributed by atoms with Gasteiger partial charge in [-0.05, 0) is 63.8 Å². The molecule has 0 N–H and O–H groups in total. The fraction of sp³-hybridized carbons (Fsp3) is 0.385. The van der Waals surface area contributed by atoms with Gasteiger partial charge in [-0.1, -0.05) is 6.92 Å². The largest absolute Gasteiger partial charge is 0.292 e. The second kappa shape index (κ2) is 5.89. The van der Waals surface area contributed by atoms with Gasteiger partial charge in [0.15, 0.2) is 5.78 Å². The van der Waals surface area contributed by atoms with Gasteiger partial charge in [-0.3, -0.25) is 9.48 Å². The molecular weight excluding hydrogens is 392 g/mol. The minimum Gasteiger partial charge on any atom is -0.292 e. The summed E-state index contributed by atoms with van der Waals surface area (Å²) < 4.78 is 3.61. The Hall–Kier alpha value is -0.460. The van der Waals surface area contributed by atoms with Crippen LogP contribution in [0.5, 0.6) is 0 Å². The summed E-state index contributed by atoms with van der Waals surface area (Å²) in [5, 5.41) is 4.46. The smallest absolute Gasteiger partial charge is 0.186 e. The Kier molecular flexibility index (Phi) is 4.63. The second-order valence-corrected chi connectivity index (χ2v) is 8.07. The zero-order valence-electron chi connectivity index (χ0n) is 11.0. The molecule has 0 aliphatic rings. The number of halogens is 2. The van der Waals surface area contributed by atoms with Crippen LogP contribution in [0.4, 0.5) is 0 Å². The minimum absolute atomic E-state index is 0.0714. The van der Waals surface area contributed by atoms with Gasteiger partial charge in [0, 0.05) is 11.3 Å². The summed E-state index contributed by atoms with van der Waals surface area (Å²) in [7, 11) is 0. The highest BCUT2D eigenvalue weighted by Crippen LogP contribution is 2.32. The molecule has 0 fully saturated rings. The predicted octanol–water partition coefficient (Wildman–Crippen LogP) is 4.53. The molecule has 19 heavy (non-hydrogen) atoms. The summed E-state index contributed by atoms with van der Waals surface area (Å²) in [6, 6.07) is 1.85. The summed E-state index contributed by atoms with van der Waals surface area (Å²) in [4.78, 5) is 12.3. The average molecular weight is 406 g/mol. The highest BCUT2D eigenvalue weighted by atomic mass is 79.9. The van der Waals surface area contributed by atoms with Gasteiger partial charge < -0.3 is 0 Å². The van der Waals surface area contributed by atoms with Crippen molar-refractivity contribution in [2.75, 3.05) is 0 Å². The number of hydrogen-bond acceptors (Lipinski definition) is 3. The van der Waals surface area contributed by atoms with E-state index in [0.29, 0.717) is 5.56 Å². The number of thiophene rings is 1. The van der Waals surface area contributed by atoms with Crippen LogP contribution in [-0.4, -0.2) is 15.6 Å². The van der Waals surface area contributed by atoms with Crippen molar-refractivity contribution in [3.05, 3.63) is 36.2 Å². The van der Waals surface area contributed by atoms with Crippen LogP contribution in [0, 0.1) is 13.8 Å². The lowest BCUT2D eigenvalue weighted by molar-refractivity contribution is 0.0966. The van der Waals surface area contributed by atoms with E-state index in [1.165, 1.54) is 16.9 Å². The Balaban J connectivity index is 2.27. The van der Waals surface area contributed by atoms with Crippen LogP contribution in [0.1, 0.15) is 34.2 Å². The molecule has 0 amide bonds. The second-order valence-electron chi connectivity index (χ2n) is 4.32. The Morgan fingerprint density at radius 2 is 2.11 bits per heavy atom. The number of carbonyl (C=O) groups is 1. The van der Waals surface area contributed by atoms with Crippen molar-refractivity contribution in [2.24, 2.45) is 0 Å². The van der Waals surface area contributed by atoms with E-state index in [-0.39, 0.29) is 12.3 Å². The minimum atomic E-state index is 0.0714. The number of rotatable bonds is 4. The van der Waals surface area contributed by atoms with Crippen molar-refractivity contribution in [1.82, 2.24) is 9.78 Å². The Labute approximate surface area is 133 Å². The molecule has 0 aliphatic heterocycles. The van der Waals surface area contributed by atoms with Gasteiger partial charge in [0.05, 0.1) is 13.3 Å². The number of nitrogens with zero attached hydrogens (tertiary/aromatic N) is 2. The number of carbonyl (C=O) groups excluding carboxylic acids is 1. The van der Waals surface area contributed by atoms with E-state index < -0.39 is 0 Å². The Morgan fingerprint density at radius 3 is 2.58 bits per heavy atom. The van der Waals surface area contributed by atoms with E-state index in [0.717, 1.165) is 25.4 Å². The number of Topliss-reactive ketones (excluding diaryl/α,β-unsaturated/α-hetero) is 1. The van der Waals surface area contributed by atoms with Gasteiger partial charge in [-0.2, -0.15) is 5.10 Å². The summed E-state index contributed by atoms with van der Waals surface area (Å²) in [6.45, 7) is 6.40. The van der Waals surface area contributed by atoms with Gasteiger partial charge in [-0.25, -0.2) is 0 Å². The molecule has 0 radical (unpaired) electrons. The van der Waals surface area contributed by atoms with Crippen LogP contribution >= 0.6 is 43.2 Å². The van der Waals surface area contributed by atoms with E-state index in [4.69, 9.17) is 0 Å². The van der Waals surface area contributed by atoms with E-state index >= 15 is 0 Å². The molecule has 0 saturated heterocycles. The maximum absolute atomic E-state index is 12.3. The number of hydrogen-bond donors (Lipinski definition) is 0. The van der Waals surface area contributed by atoms with Crippen LogP contribution < -0.4 is 0 Å². The molecule has 6 heteroatoms. The average Bonchev–Trinajstić information content (AvgIpc) is 2.80. The quantitative estimate of drug-likeness (QED) is 0.700. The summed E-state index contributed by atoms with van der Waals surface area (Å²) in [5.74, 6) is 0.0714. The first-order valence-electron chi connectivity index (χ1n) is 5.95. The van der Waals surface area contributed by atoms with Gasteiger partial charge in [-0.15, -0.1) is 11.3 Å². The molecule has 2 rings (SSSR count). The third kappa shape index (κ3) is 3.01. The fourth-order valence-corrected chi connectivity index (χ4v) is 5.01. The number of aryl methyl sites for hydroxylation is 1. The SMILES string of the molecule is CCc1c(C)nn(CC(=O)c2cc(Br)sc2Br)c1C. The molecule has 0 unspecified atom stereocenters. The van der Waals surface area contributed by atoms with Crippen LogP contribution in [0.3, 0.4) is 0 Å². The molecule has 0 aromatic carbocycles. The topological polar surface area (TPSA) is 34.9 Å². The molecule has 2 aromatic rings. The highest BCUT2D eigenvalue weighted by molar-refractivity contribution is 9.12. The van der Waals surface area contributed by atoms with Crippen LogP contribution in [0.2, 0.25) is 0 Å². The first-order chi connectivity index (χ1) is 8.93. The maximum atomic E-state index is 12.3. The van der Waals surface area contributed by atoms with E-state index in [1.807, 2.05) is 19.9 Å². The van der Waals surface area contributed by atoms with Crippen molar-refractivity contribution >= 4 is 49.0 Å². The molecule has 0 saturated carbocycles. The predicted molar refractivity (Wildman–Crippen MR) is 85.1 cm³/mol. The third-order valence-corrected chi connectivity index (χ3v) is 5.47. The molecule has 2 heterocycles. The zero-order chi connectivity index (χ0) is 14.2. The van der Waals surface area contributed by atoms with Gasteiger partial charge in [0.25, 0.3) is 0 Å². The van der Waals surface area contributed by atoms with Crippen molar-refractivity contribution in [3.8, 4) is 0 Å². The first-order valence-corrected chi connectivity index (χ1v) is 8.35. The monoisotopic (exact) mass is 404 g/mol. The first kappa shape index (κ1) is 14.9. The molecule has 102 valence electrons. The van der Waals surface area contributed by atoms with Crippen molar-refractivity contribution < 1.29 is 4.79 Å². The lowest BCUT2D eigenvalue weighted by Gasteiger charge is -2.04. The molecule has 0 spiro atoms. The van der Waals surface area contributed by atoms with Crippen molar-refractivity contribution in [3.63, 3.8) is 0 Å².